The summed E-state index contributed by atoms with van der Waals surface area (Å²) in [5.74, 6) is -0.752. The van der Waals surface area contributed by atoms with Gasteiger partial charge < -0.3 is 14.4 Å². The predicted molar refractivity (Wildman–Crippen MR) is 55.1 cm³/mol. The number of ketones is 1. The molecule has 0 amide bonds. The van der Waals surface area contributed by atoms with Gasteiger partial charge in [-0.3, -0.25) is 9.59 Å². The van der Waals surface area contributed by atoms with Crippen molar-refractivity contribution in [2.75, 3.05) is 6.61 Å². The van der Waals surface area contributed by atoms with E-state index in [4.69, 9.17) is 14.7 Å². The van der Waals surface area contributed by atoms with E-state index in [1.165, 1.54) is 13.0 Å². The third kappa shape index (κ3) is 2.07. The number of hydrogen-bond acceptors (Lipinski definition) is 6. The van der Waals surface area contributed by atoms with Crippen LogP contribution in [0, 0.1) is 0 Å². The average Bonchev–Trinajstić information content (AvgIpc) is 2.31. The lowest BCUT2D eigenvalue weighted by atomic mass is 10.0. The molecule has 1 aliphatic rings. The molecular formula is C11H10O6. The van der Waals surface area contributed by atoms with Crippen LogP contribution in [0.1, 0.15) is 17.3 Å². The van der Waals surface area contributed by atoms with Gasteiger partial charge in [-0.15, -0.1) is 0 Å². The minimum Gasteiger partial charge on any atom is -0.488 e. The van der Waals surface area contributed by atoms with E-state index in [1.54, 1.807) is 12.1 Å². The molecule has 0 radical (unpaired) electrons. The molecule has 1 heterocycles. The lowest BCUT2D eigenvalue weighted by molar-refractivity contribution is -0.146. The monoisotopic (exact) mass is 238 g/mol. The van der Waals surface area contributed by atoms with Crippen molar-refractivity contribution in [3.8, 4) is 11.5 Å². The average molecular weight is 238 g/mol. The Hall–Kier alpha value is -2.08. The van der Waals surface area contributed by atoms with Crippen LogP contribution in [0.3, 0.4) is 0 Å². The standard InChI is InChI=1S/C11H10O6/c1-6(12)16-9-5-15-7-3-2-4-8(17-14)10(7)11(9)13/h2-4,9,14H,5H2,1H3. The molecule has 0 saturated carbocycles. The summed E-state index contributed by atoms with van der Waals surface area (Å²) in [5.41, 5.74) is 0.0764. The molecule has 6 heteroatoms. The van der Waals surface area contributed by atoms with Crippen molar-refractivity contribution in [3.05, 3.63) is 23.8 Å². The van der Waals surface area contributed by atoms with Gasteiger partial charge >= 0.3 is 5.97 Å². The molecular weight excluding hydrogens is 228 g/mol. The van der Waals surface area contributed by atoms with Crippen molar-refractivity contribution >= 4 is 11.8 Å². The first-order valence-electron chi connectivity index (χ1n) is 4.92. The smallest absolute Gasteiger partial charge is 0.303 e. The lowest BCUT2D eigenvalue weighted by Gasteiger charge is -2.24. The Morgan fingerprint density at radius 2 is 2.29 bits per heavy atom. The SMILES string of the molecule is CC(=O)OC1COc2cccc(OO)c2C1=O. The van der Waals surface area contributed by atoms with E-state index in [-0.39, 0.29) is 17.9 Å². The molecule has 1 aliphatic heterocycles. The second kappa shape index (κ2) is 4.42. The highest BCUT2D eigenvalue weighted by atomic mass is 17.1. The van der Waals surface area contributed by atoms with Crippen LogP contribution < -0.4 is 9.62 Å². The second-order valence-electron chi connectivity index (χ2n) is 3.49. The zero-order chi connectivity index (χ0) is 12.4. The van der Waals surface area contributed by atoms with Gasteiger partial charge in [-0.05, 0) is 12.1 Å². The van der Waals surface area contributed by atoms with E-state index in [1.807, 2.05) is 0 Å². The number of Topliss-reactive ketones (excluding diaryl/α,β-unsaturated/α-hetero) is 1. The van der Waals surface area contributed by atoms with Crippen molar-refractivity contribution in [3.63, 3.8) is 0 Å². The number of carbonyl (C=O) groups is 2. The number of fused-ring (bicyclic) bond motifs is 1. The van der Waals surface area contributed by atoms with Gasteiger partial charge in [0.1, 0.15) is 17.9 Å². The maximum atomic E-state index is 12.0. The highest BCUT2D eigenvalue weighted by molar-refractivity contribution is 6.05. The summed E-state index contributed by atoms with van der Waals surface area (Å²) >= 11 is 0. The van der Waals surface area contributed by atoms with Gasteiger partial charge in [-0.1, -0.05) is 6.07 Å². The van der Waals surface area contributed by atoms with Crippen LogP contribution in [0.5, 0.6) is 11.5 Å². The van der Waals surface area contributed by atoms with Gasteiger partial charge in [-0.25, -0.2) is 5.26 Å². The van der Waals surface area contributed by atoms with Crippen molar-refractivity contribution in [2.24, 2.45) is 0 Å². The maximum absolute atomic E-state index is 12.0. The van der Waals surface area contributed by atoms with Crippen LogP contribution >= 0.6 is 0 Å². The fourth-order valence-corrected chi connectivity index (χ4v) is 1.64. The van der Waals surface area contributed by atoms with Crippen molar-refractivity contribution < 1.29 is 29.2 Å². The highest BCUT2D eigenvalue weighted by Crippen LogP contribution is 2.33. The van der Waals surface area contributed by atoms with E-state index >= 15 is 0 Å². The van der Waals surface area contributed by atoms with Crippen LogP contribution in [-0.4, -0.2) is 29.7 Å². The number of ether oxygens (including phenoxy) is 2. The number of hydrogen-bond donors (Lipinski definition) is 1. The zero-order valence-electron chi connectivity index (χ0n) is 9.00. The molecule has 1 atom stereocenters. The maximum Gasteiger partial charge on any atom is 0.303 e. The first-order valence-corrected chi connectivity index (χ1v) is 4.92. The van der Waals surface area contributed by atoms with E-state index in [9.17, 15) is 9.59 Å². The Balaban J connectivity index is 2.36. The van der Waals surface area contributed by atoms with Gasteiger partial charge in [-0.2, -0.15) is 0 Å². The van der Waals surface area contributed by atoms with Crippen molar-refractivity contribution in [1.82, 2.24) is 0 Å². The van der Waals surface area contributed by atoms with Crippen molar-refractivity contribution in [1.29, 1.82) is 0 Å². The molecule has 0 fully saturated rings. The molecule has 17 heavy (non-hydrogen) atoms. The Morgan fingerprint density at radius 1 is 1.53 bits per heavy atom. The molecule has 1 N–H and O–H groups in total. The summed E-state index contributed by atoms with van der Waals surface area (Å²) in [6, 6.07) is 4.56. The minimum atomic E-state index is -1.00. The molecule has 0 spiro atoms. The molecule has 0 aliphatic carbocycles. The zero-order valence-corrected chi connectivity index (χ0v) is 9.00. The molecule has 1 unspecified atom stereocenters. The summed E-state index contributed by atoms with van der Waals surface area (Å²) in [5, 5.41) is 8.66. The Labute approximate surface area is 96.6 Å². The van der Waals surface area contributed by atoms with E-state index in [0.717, 1.165) is 0 Å². The first-order chi connectivity index (χ1) is 8.13. The van der Waals surface area contributed by atoms with Gasteiger partial charge in [0.05, 0.1) is 0 Å². The fourth-order valence-electron chi connectivity index (χ4n) is 1.64. The molecule has 0 aromatic heterocycles. The number of rotatable bonds is 2. The molecule has 1 aromatic rings. The molecule has 6 nitrogen and oxygen atoms in total. The summed E-state index contributed by atoms with van der Waals surface area (Å²) < 4.78 is 10.1. The summed E-state index contributed by atoms with van der Waals surface area (Å²) in [6.07, 6.45) is -1.00. The Morgan fingerprint density at radius 3 is 2.94 bits per heavy atom. The quantitative estimate of drug-likeness (QED) is 0.471. The Kier molecular flexibility index (Phi) is 2.97. The number of benzene rings is 1. The molecule has 0 bridgehead atoms. The number of esters is 1. The third-order valence-electron chi connectivity index (χ3n) is 2.32. The van der Waals surface area contributed by atoms with Crippen LogP contribution in [0.25, 0.3) is 0 Å². The molecule has 90 valence electrons. The van der Waals surface area contributed by atoms with Gasteiger partial charge in [0.15, 0.2) is 11.9 Å². The van der Waals surface area contributed by atoms with Crippen LogP contribution in [0.4, 0.5) is 0 Å². The number of carbonyl (C=O) groups excluding carboxylic acids is 2. The molecule has 1 aromatic carbocycles. The normalized spacial score (nSPS) is 18.0. The van der Waals surface area contributed by atoms with Gasteiger partial charge in [0.25, 0.3) is 0 Å². The Bertz CT molecular complexity index is 453. The predicted octanol–water partition coefficient (Wildman–Crippen LogP) is 1.05. The summed E-state index contributed by atoms with van der Waals surface area (Å²) in [6.45, 7) is 1.16. The minimum absolute atomic E-state index is 0.0237. The highest BCUT2D eigenvalue weighted by Gasteiger charge is 2.34. The van der Waals surface area contributed by atoms with E-state index < -0.39 is 17.9 Å². The summed E-state index contributed by atoms with van der Waals surface area (Å²) in [4.78, 5) is 26.9. The van der Waals surface area contributed by atoms with Crippen LogP contribution in [-0.2, 0) is 9.53 Å². The van der Waals surface area contributed by atoms with Gasteiger partial charge in [0, 0.05) is 6.92 Å². The second-order valence-corrected chi connectivity index (χ2v) is 3.49. The summed E-state index contributed by atoms with van der Waals surface area (Å²) in [7, 11) is 0. The van der Waals surface area contributed by atoms with E-state index in [2.05, 4.69) is 4.89 Å². The van der Waals surface area contributed by atoms with Crippen LogP contribution in [0.2, 0.25) is 0 Å². The first kappa shape index (κ1) is 11.4. The third-order valence-corrected chi connectivity index (χ3v) is 2.32. The van der Waals surface area contributed by atoms with Gasteiger partial charge in [0.2, 0.25) is 5.78 Å². The topological polar surface area (TPSA) is 82.1 Å². The van der Waals surface area contributed by atoms with Crippen molar-refractivity contribution in [2.45, 2.75) is 13.0 Å². The largest absolute Gasteiger partial charge is 0.488 e. The molecule has 0 saturated heterocycles. The molecule has 2 rings (SSSR count). The lowest BCUT2D eigenvalue weighted by Crippen LogP contribution is -2.36. The van der Waals surface area contributed by atoms with E-state index in [0.29, 0.717) is 5.75 Å². The fraction of sp³-hybridized carbons (Fsp3) is 0.273. The van der Waals surface area contributed by atoms with Crippen LogP contribution in [0.15, 0.2) is 18.2 Å².